The Kier molecular flexibility index (Phi) is 4.33. The summed E-state index contributed by atoms with van der Waals surface area (Å²) in [5, 5.41) is 0. The lowest BCUT2D eigenvalue weighted by molar-refractivity contribution is 0.851. The van der Waals surface area contributed by atoms with Crippen molar-refractivity contribution in [1.82, 2.24) is 15.0 Å². The second kappa shape index (κ2) is 6.57. The van der Waals surface area contributed by atoms with Crippen molar-refractivity contribution in [3.63, 3.8) is 0 Å². The van der Waals surface area contributed by atoms with Crippen molar-refractivity contribution >= 4 is 5.82 Å². The monoisotopic (exact) mass is 304 g/mol. The normalized spacial score (nSPS) is 10.6. The zero-order chi connectivity index (χ0) is 16.2. The first-order chi connectivity index (χ1) is 11.1. The standard InChI is InChI=1S/C19H20N4/c1-14-8-7-11-20-17(14)13-23(3)18-12-15(2)21-19(22-18)16-9-5-4-6-10-16/h4-12H,13H2,1-3H3. The molecule has 0 aliphatic rings. The molecule has 3 aromatic rings. The maximum atomic E-state index is 4.72. The average Bonchev–Trinajstić information content (AvgIpc) is 2.57. The van der Waals surface area contributed by atoms with Gasteiger partial charge in [0.25, 0.3) is 0 Å². The van der Waals surface area contributed by atoms with Crippen molar-refractivity contribution in [1.29, 1.82) is 0 Å². The molecule has 116 valence electrons. The van der Waals surface area contributed by atoms with Crippen LogP contribution in [0.15, 0.2) is 54.7 Å². The molecule has 3 rings (SSSR count). The largest absolute Gasteiger partial charge is 0.354 e. The van der Waals surface area contributed by atoms with Crippen LogP contribution < -0.4 is 4.90 Å². The Hall–Kier alpha value is -2.75. The highest BCUT2D eigenvalue weighted by molar-refractivity contribution is 5.57. The Bertz CT molecular complexity index is 799. The average molecular weight is 304 g/mol. The third-order valence-electron chi connectivity index (χ3n) is 3.77. The van der Waals surface area contributed by atoms with E-state index < -0.39 is 0 Å². The van der Waals surface area contributed by atoms with Crippen LogP contribution in [-0.2, 0) is 6.54 Å². The Morgan fingerprint density at radius 1 is 0.957 bits per heavy atom. The molecule has 0 aliphatic carbocycles. The summed E-state index contributed by atoms with van der Waals surface area (Å²) in [5.74, 6) is 1.66. The number of pyridine rings is 1. The molecule has 0 amide bonds. The number of nitrogens with zero attached hydrogens (tertiary/aromatic N) is 4. The van der Waals surface area contributed by atoms with E-state index in [1.807, 2.05) is 62.6 Å². The van der Waals surface area contributed by atoms with Gasteiger partial charge in [0.2, 0.25) is 0 Å². The minimum absolute atomic E-state index is 0.720. The first-order valence-corrected chi connectivity index (χ1v) is 7.66. The Morgan fingerprint density at radius 3 is 2.48 bits per heavy atom. The number of rotatable bonds is 4. The lowest BCUT2D eigenvalue weighted by Gasteiger charge is -2.19. The van der Waals surface area contributed by atoms with Gasteiger partial charge in [-0.05, 0) is 25.5 Å². The Labute approximate surface area is 136 Å². The van der Waals surface area contributed by atoms with E-state index >= 15 is 0 Å². The molecule has 0 unspecified atom stereocenters. The van der Waals surface area contributed by atoms with E-state index in [1.165, 1.54) is 5.56 Å². The molecule has 2 heterocycles. The molecule has 0 spiro atoms. The molecule has 0 aliphatic heterocycles. The Morgan fingerprint density at radius 2 is 1.74 bits per heavy atom. The van der Waals surface area contributed by atoms with Gasteiger partial charge in [0.05, 0.1) is 12.2 Å². The number of aryl methyl sites for hydroxylation is 2. The van der Waals surface area contributed by atoms with Crippen LogP contribution in [0.2, 0.25) is 0 Å². The third kappa shape index (κ3) is 3.54. The number of anilines is 1. The quantitative estimate of drug-likeness (QED) is 0.735. The number of hydrogen-bond acceptors (Lipinski definition) is 4. The summed E-state index contributed by atoms with van der Waals surface area (Å²) < 4.78 is 0. The van der Waals surface area contributed by atoms with Crippen molar-refractivity contribution in [2.45, 2.75) is 20.4 Å². The predicted molar refractivity (Wildman–Crippen MR) is 93.3 cm³/mol. The van der Waals surface area contributed by atoms with Gasteiger partial charge in [0, 0.05) is 30.6 Å². The zero-order valence-corrected chi connectivity index (χ0v) is 13.7. The van der Waals surface area contributed by atoms with E-state index in [-0.39, 0.29) is 0 Å². The van der Waals surface area contributed by atoms with Gasteiger partial charge in [-0.2, -0.15) is 0 Å². The maximum Gasteiger partial charge on any atom is 0.161 e. The number of hydrogen-bond donors (Lipinski definition) is 0. The fourth-order valence-electron chi connectivity index (χ4n) is 2.45. The molecule has 0 saturated heterocycles. The molecule has 23 heavy (non-hydrogen) atoms. The molecule has 0 radical (unpaired) electrons. The van der Waals surface area contributed by atoms with Crippen LogP contribution in [0.5, 0.6) is 0 Å². The Balaban J connectivity index is 1.91. The van der Waals surface area contributed by atoms with Gasteiger partial charge >= 0.3 is 0 Å². The van der Waals surface area contributed by atoms with Crippen LogP contribution in [0.1, 0.15) is 17.0 Å². The van der Waals surface area contributed by atoms with E-state index in [1.54, 1.807) is 0 Å². The van der Waals surface area contributed by atoms with Gasteiger partial charge in [0.15, 0.2) is 5.82 Å². The first-order valence-electron chi connectivity index (χ1n) is 7.66. The van der Waals surface area contributed by atoms with E-state index in [2.05, 4.69) is 27.9 Å². The zero-order valence-electron chi connectivity index (χ0n) is 13.7. The van der Waals surface area contributed by atoms with Gasteiger partial charge < -0.3 is 4.90 Å². The number of benzene rings is 1. The van der Waals surface area contributed by atoms with Gasteiger partial charge in [-0.25, -0.2) is 9.97 Å². The molecular formula is C19H20N4. The molecule has 0 N–H and O–H groups in total. The molecular weight excluding hydrogens is 284 g/mol. The topological polar surface area (TPSA) is 41.9 Å². The predicted octanol–water partition coefficient (Wildman–Crippen LogP) is 3.79. The van der Waals surface area contributed by atoms with Crippen LogP contribution >= 0.6 is 0 Å². The maximum absolute atomic E-state index is 4.72. The molecule has 1 aromatic carbocycles. The highest BCUT2D eigenvalue weighted by Crippen LogP contribution is 2.20. The molecule has 0 fully saturated rings. The van der Waals surface area contributed by atoms with E-state index in [0.29, 0.717) is 0 Å². The second-order valence-corrected chi connectivity index (χ2v) is 5.68. The minimum atomic E-state index is 0.720. The first kappa shape index (κ1) is 15.2. The van der Waals surface area contributed by atoms with Crippen LogP contribution in [0.25, 0.3) is 11.4 Å². The van der Waals surface area contributed by atoms with E-state index in [4.69, 9.17) is 4.98 Å². The van der Waals surface area contributed by atoms with Crippen molar-refractivity contribution in [2.75, 3.05) is 11.9 Å². The van der Waals surface area contributed by atoms with Gasteiger partial charge in [-0.1, -0.05) is 36.4 Å². The van der Waals surface area contributed by atoms with Crippen LogP contribution in [0.4, 0.5) is 5.82 Å². The van der Waals surface area contributed by atoms with Crippen molar-refractivity contribution < 1.29 is 0 Å². The van der Waals surface area contributed by atoms with Crippen molar-refractivity contribution in [3.05, 3.63) is 71.7 Å². The summed E-state index contributed by atoms with van der Waals surface area (Å²) in [4.78, 5) is 15.8. The van der Waals surface area contributed by atoms with Gasteiger partial charge in [-0.3, -0.25) is 4.98 Å². The summed E-state index contributed by atoms with van der Waals surface area (Å²) in [7, 11) is 2.03. The third-order valence-corrected chi connectivity index (χ3v) is 3.77. The fraction of sp³-hybridized carbons (Fsp3) is 0.211. The highest BCUT2D eigenvalue weighted by Gasteiger charge is 2.10. The lowest BCUT2D eigenvalue weighted by atomic mass is 10.2. The summed E-state index contributed by atoms with van der Waals surface area (Å²) in [5.41, 5.74) is 4.24. The van der Waals surface area contributed by atoms with Crippen LogP contribution in [0, 0.1) is 13.8 Å². The van der Waals surface area contributed by atoms with Crippen LogP contribution in [-0.4, -0.2) is 22.0 Å². The molecule has 0 bridgehead atoms. The molecule has 4 nitrogen and oxygen atoms in total. The second-order valence-electron chi connectivity index (χ2n) is 5.68. The van der Waals surface area contributed by atoms with Crippen molar-refractivity contribution in [3.8, 4) is 11.4 Å². The summed E-state index contributed by atoms with van der Waals surface area (Å²) >= 11 is 0. The minimum Gasteiger partial charge on any atom is -0.354 e. The van der Waals surface area contributed by atoms with Crippen molar-refractivity contribution in [2.24, 2.45) is 0 Å². The van der Waals surface area contributed by atoms with Gasteiger partial charge in [-0.15, -0.1) is 0 Å². The van der Waals surface area contributed by atoms with E-state index in [9.17, 15) is 0 Å². The lowest BCUT2D eigenvalue weighted by Crippen LogP contribution is -2.20. The molecule has 4 heteroatoms. The smallest absolute Gasteiger partial charge is 0.161 e. The molecule has 0 saturated carbocycles. The highest BCUT2D eigenvalue weighted by atomic mass is 15.2. The van der Waals surface area contributed by atoms with E-state index in [0.717, 1.165) is 35.1 Å². The molecule has 2 aromatic heterocycles. The summed E-state index contributed by atoms with van der Waals surface area (Å²) in [6.07, 6.45) is 1.83. The SMILES string of the molecule is Cc1cc(N(C)Cc2ncccc2C)nc(-c2ccccc2)n1. The van der Waals surface area contributed by atoms with Gasteiger partial charge in [0.1, 0.15) is 5.82 Å². The molecule has 0 atom stereocenters. The summed E-state index contributed by atoms with van der Waals surface area (Å²) in [6.45, 7) is 4.80. The fourth-order valence-corrected chi connectivity index (χ4v) is 2.45. The van der Waals surface area contributed by atoms with Crippen LogP contribution in [0.3, 0.4) is 0 Å². The summed E-state index contributed by atoms with van der Waals surface area (Å²) in [6, 6.07) is 16.1. The number of aromatic nitrogens is 3.